The highest BCUT2D eigenvalue weighted by Crippen LogP contribution is 2.27. The molecule has 2 amide bonds. The molecule has 0 radical (unpaired) electrons. The molecule has 0 heterocycles. The summed E-state index contributed by atoms with van der Waals surface area (Å²) in [6.45, 7) is 3.47. The van der Waals surface area contributed by atoms with Crippen LogP contribution in [0.4, 0.5) is 5.69 Å². The van der Waals surface area contributed by atoms with Gasteiger partial charge in [-0.2, -0.15) is 0 Å². The summed E-state index contributed by atoms with van der Waals surface area (Å²) in [5, 5.41) is 2.70. The van der Waals surface area contributed by atoms with Crippen LogP contribution in [-0.4, -0.2) is 44.8 Å². The summed E-state index contributed by atoms with van der Waals surface area (Å²) in [6.07, 6.45) is 0.265. The molecule has 1 unspecified atom stereocenters. The molecule has 0 fully saturated rings. The highest BCUT2D eigenvalue weighted by atomic mass is 79.9. The van der Waals surface area contributed by atoms with Gasteiger partial charge in [-0.25, -0.2) is 8.42 Å². The molecule has 0 aromatic heterocycles. The van der Waals surface area contributed by atoms with Crippen molar-refractivity contribution in [3.63, 3.8) is 0 Å². The van der Waals surface area contributed by atoms with Gasteiger partial charge in [-0.15, -0.1) is 0 Å². The van der Waals surface area contributed by atoms with Gasteiger partial charge in [0.05, 0.1) is 10.6 Å². The second kappa shape index (κ2) is 13.8. The Morgan fingerprint density at radius 1 is 0.810 bits per heavy atom. The third-order valence-corrected chi connectivity index (χ3v) is 9.27. The first kappa shape index (κ1) is 31.0. The largest absolute Gasteiger partial charge is 0.357 e. The van der Waals surface area contributed by atoms with E-state index in [0.29, 0.717) is 5.69 Å². The molecule has 218 valence electrons. The van der Waals surface area contributed by atoms with Crippen LogP contribution >= 0.6 is 15.9 Å². The smallest absolute Gasteiger partial charge is 0.264 e. The molecule has 1 atom stereocenters. The number of rotatable bonds is 11. The SMILES string of the molecule is CNC(=O)C(Cc1ccccc1)N(Cc1cccc(C)c1)C(=O)CN(c1ccc(Br)cc1)S(=O)(=O)c1ccc(C)cc1. The zero-order chi connectivity index (χ0) is 30.3. The first-order chi connectivity index (χ1) is 20.1. The molecular weight excluding hydrogens is 614 g/mol. The number of aryl methyl sites for hydroxylation is 2. The van der Waals surface area contributed by atoms with Gasteiger partial charge in [0.2, 0.25) is 11.8 Å². The van der Waals surface area contributed by atoms with Gasteiger partial charge < -0.3 is 10.2 Å². The molecule has 0 aliphatic carbocycles. The predicted molar refractivity (Wildman–Crippen MR) is 170 cm³/mol. The highest BCUT2D eigenvalue weighted by molar-refractivity contribution is 9.10. The minimum absolute atomic E-state index is 0.0705. The van der Waals surface area contributed by atoms with Gasteiger partial charge in [-0.3, -0.25) is 13.9 Å². The maximum absolute atomic E-state index is 14.3. The van der Waals surface area contributed by atoms with Crippen molar-refractivity contribution in [1.82, 2.24) is 10.2 Å². The Hall–Kier alpha value is -3.95. The first-order valence-corrected chi connectivity index (χ1v) is 15.8. The zero-order valence-corrected chi connectivity index (χ0v) is 26.2. The van der Waals surface area contributed by atoms with Crippen molar-refractivity contribution in [1.29, 1.82) is 0 Å². The number of halogens is 1. The molecule has 0 bridgehead atoms. The fourth-order valence-corrected chi connectivity index (χ4v) is 6.38. The standard InChI is InChI=1S/C33H34BrN3O4S/c1-24-12-18-30(19-13-24)42(40,41)37(29-16-14-28(34)15-17-29)23-32(38)36(22-27-11-7-8-25(2)20-27)31(33(39)35-3)21-26-9-5-4-6-10-26/h4-20,31H,21-23H2,1-3H3,(H,35,39). The van der Waals surface area contributed by atoms with Gasteiger partial charge in [0.25, 0.3) is 10.0 Å². The summed E-state index contributed by atoms with van der Waals surface area (Å²) in [4.78, 5) is 29.2. The lowest BCUT2D eigenvalue weighted by Crippen LogP contribution is -2.53. The Morgan fingerprint density at radius 2 is 1.45 bits per heavy atom. The summed E-state index contributed by atoms with van der Waals surface area (Å²) >= 11 is 3.40. The van der Waals surface area contributed by atoms with Crippen molar-refractivity contribution in [3.05, 3.63) is 130 Å². The lowest BCUT2D eigenvalue weighted by Gasteiger charge is -2.33. The normalized spacial score (nSPS) is 11.9. The molecule has 4 aromatic carbocycles. The second-order valence-corrected chi connectivity index (χ2v) is 12.9. The first-order valence-electron chi connectivity index (χ1n) is 13.5. The summed E-state index contributed by atoms with van der Waals surface area (Å²) < 4.78 is 29.9. The van der Waals surface area contributed by atoms with E-state index >= 15 is 0 Å². The number of hydrogen-bond acceptors (Lipinski definition) is 4. The molecular formula is C33H34BrN3O4S. The predicted octanol–water partition coefficient (Wildman–Crippen LogP) is 5.65. The van der Waals surface area contributed by atoms with E-state index in [2.05, 4.69) is 21.2 Å². The average Bonchev–Trinajstić information content (AvgIpc) is 2.98. The van der Waals surface area contributed by atoms with Gasteiger partial charge in [0.15, 0.2) is 0 Å². The van der Waals surface area contributed by atoms with Crippen LogP contribution in [0.5, 0.6) is 0 Å². The quantitative estimate of drug-likeness (QED) is 0.228. The third kappa shape index (κ3) is 7.66. The molecule has 0 aliphatic rings. The van der Waals surface area contributed by atoms with Crippen LogP contribution in [-0.2, 0) is 32.6 Å². The molecule has 0 saturated carbocycles. The number of sulfonamides is 1. The minimum atomic E-state index is -4.13. The number of hydrogen-bond donors (Lipinski definition) is 1. The van der Waals surface area contributed by atoms with Gasteiger partial charge in [0.1, 0.15) is 12.6 Å². The summed E-state index contributed by atoms with van der Waals surface area (Å²) in [6, 6.07) is 29.6. The Balaban J connectivity index is 1.78. The molecule has 4 rings (SSSR count). The van der Waals surface area contributed by atoms with Crippen LogP contribution in [0.25, 0.3) is 0 Å². The van der Waals surface area contributed by atoms with Gasteiger partial charge in [-0.1, -0.05) is 93.8 Å². The fraction of sp³-hybridized carbons (Fsp3) is 0.212. The van der Waals surface area contributed by atoms with Crippen molar-refractivity contribution in [2.45, 2.75) is 37.8 Å². The molecule has 4 aromatic rings. The number of anilines is 1. The molecule has 0 spiro atoms. The number of amides is 2. The molecule has 0 saturated heterocycles. The lowest BCUT2D eigenvalue weighted by atomic mass is 10.0. The molecule has 9 heteroatoms. The van der Waals surface area contributed by atoms with Gasteiger partial charge in [0, 0.05) is 24.5 Å². The van der Waals surface area contributed by atoms with E-state index in [1.165, 1.54) is 24.1 Å². The Bertz CT molecular complexity index is 1630. The van der Waals surface area contributed by atoms with Crippen molar-refractivity contribution in [2.24, 2.45) is 0 Å². The van der Waals surface area contributed by atoms with Gasteiger partial charge in [-0.05, 0) is 61.4 Å². The Morgan fingerprint density at radius 3 is 2.07 bits per heavy atom. The maximum atomic E-state index is 14.3. The average molecular weight is 649 g/mol. The van der Waals surface area contributed by atoms with Crippen LogP contribution in [0.3, 0.4) is 0 Å². The van der Waals surface area contributed by atoms with Crippen molar-refractivity contribution in [2.75, 3.05) is 17.9 Å². The zero-order valence-electron chi connectivity index (χ0n) is 23.8. The van der Waals surface area contributed by atoms with Crippen molar-refractivity contribution < 1.29 is 18.0 Å². The van der Waals surface area contributed by atoms with E-state index in [4.69, 9.17) is 0 Å². The summed E-state index contributed by atoms with van der Waals surface area (Å²) in [5.74, 6) is -0.837. The number of nitrogens with zero attached hydrogens (tertiary/aromatic N) is 2. The fourth-order valence-electron chi connectivity index (χ4n) is 4.70. The number of benzene rings is 4. The summed E-state index contributed by atoms with van der Waals surface area (Å²) in [7, 11) is -2.60. The minimum Gasteiger partial charge on any atom is -0.357 e. The van der Waals surface area contributed by atoms with E-state index in [1.807, 2.05) is 68.4 Å². The number of nitrogens with one attached hydrogen (secondary N) is 1. The van der Waals surface area contributed by atoms with E-state index in [1.54, 1.807) is 36.4 Å². The van der Waals surface area contributed by atoms with E-state index in [9.17, 15) is 18.0 Å². The van der Waals surface area contributed by atoms with E-state index in [-0.39, 0.29) is 23.8 Å². The molecule has 1 N–H and O–H groups in total. The molecule has 0 aliphatic heterocycles. The third-order valence-electron chi connectivity index (χ3n) is 6.96. The number of carbonyl (C=O) groups excluding carboxylic acids is 2. The number of likely N-dealkylation sites (N-methyl/N-ethyl adjacent to an activating group) is 1. The monoisotopic (exact) mass is 647 g/mol. The summed E-state index contributed by atoms with van der Waals surface area (Å²) in [5.41, 5.74) is 3.98. The van der Waals surface area contributed by atoms with E-state index in [0.717, 1.165) is 31.0 Å². The number of carbonyl (C=O) groups is 2. The Labute approximate surface area is 256 Å². The topological polar surface area (TPSA) is 86.8 Å². The Kier molecular flexibility index (Phi) is 10.2. The van der Waals surface area contributed by atoms with Crippen LogP contribution in [0.2, 0.25) is 0 Å². The van der Waals surface area contributed by atoms with Crippen molar-refractivity contribution >= 4 is 43.5 Å². The molecule has 7 nitrogen and oxygen atoms in total. The van der Waals surface area contributed by atoms with Crippen LogP contribution in [0.1, 0.15) is 22.3 Å². The van der Waals surface area contributed by atoms with E-state index < -0.39 is 28.5 Å². The van der Waals surface area contributed by atoms with Crippen LogP contribution in [0.15, 0.2) is 112 Å². The molecule has 42 heavy (non-hydrogen) atoms. The van der Waals surface area contributed by atoms with Gasteiger partial charge >= 0.3 is 0 Å². The lowest BCUT2D eigenvalue weighted by molar-refractivity contribution is -0.139. The van der Waals surface area contributed by atoms with Crippen molar-refractivity contribution in [3.8, 4) is 0 Å². The van der Waals surface area contributed by atoms with Crippen LogP contribution in [0, 0.1) is 13.8 Å². The second-order valence-electron chi connectivity index (χ2n) is 10.1. The van der Waals surface area contributed by atoms with Crippen LogP contribution < -0.4 is 9.62 Å². The highest BCUT2D eigenvalue weighted by Gasteiger charge is 2.34. The maximum Gasteiger partial charge on any atom is 0.264 e.